The number of nitrogens with one attached hydrogen (secondary N) is 1. The predicted octanol–water partition coefficient (Wildman–Crippen LogP) is 3.50. The van der Waals surface area contributed by atoms with E-state index < -0.39 is 12.5 Å². The Labute approximate surface area is 140 Å². The van der Waals surface area contributed by atoms with Gasteiger partial charge < -0.3 is 19.0 Å². The molecule has 2 heterocycles. The van der Waals surface area contributed by atoms with Gasteiger partial charge in [-0.05, 0) is 24.3 Å². The minimum atomic E-state index is -2.98. The van der Waals surface area contributed by atoms with Crippen LogP contribution in [-0.4, -0.2) is 22.7 Å². The van der Waals surface area contributed by atoms with E-state index in [1.54, 1.807) is 18.2 Å². The molecule has 0 unspecified atom stereocenters. The number of furan rings is 1. The number of hydrogen-bond donors (Lipinski definition) is 1. The van der Waals surface area contributed by atoms with Gasteiger partial charge in [0.25, 0.3) is 0 Å². The van der Waals surface area contributed by atoms with Gasteiger partial charge in [0.2, 0.25) is 17.6 Å². The Morgan fingerprint density at radius 3 is 2.84 bits per heavy atom. The highest BCUT2D eigenvalue weighted by Crippen LogP contribution is 2.25. The molecule has 0 spiro atoms. The van der Waals surface area contributed by atoms with Crippen LogP contribution in [0.5, 0.6) is 5.75 Å². The zero-order chi connectivity index (χ0) is 17.6. The molecule has 9 heteroatoms. The van der Waals surface area contributed by atoms with Crippen molar-refractivity contribution < 1.29 is 27.3 Å². The molecule has 0 atom stereocenters. The number of benzene rings is 1. The zero-order valence-electron chi connectivity index (χ0n) is 12.8. The fraction of sp³-hybridized carbons (Fsp3) is 0.188. The average molecular weight is 349 g/mol. The van der Waals surface area contributed by atoms with Gasteiger partial charge in [0.1, 0.15) is 5.75 Å². The molecule has 7 nitrogen and oxygen atoms in total. The molecular weight excluding hydrogens is 336 g/mol. The summed E-state index contributed by atoms with van der Waals surface area (Å²) in [4.78, 5) is 16.1. The van der Waals surface area contributed by atoms with Gasteiger partial charge in [0.05, 0.1) is 12.0 Å². The van der Waals surface area contributed by atoms with Crippen LogP contribution in [0.1, 0.15) is 12.3 Å². The molecule has 0 fully saturated rings. The monoisotopic (exact) mass is 349 g/mol. The second-order valence-corrected chi connectivity index (χ2v) is 4.91. The van der Waals surface area contributed by atoms with Gasteiger partial charge in [-0.2, -0.15) is 13.8 Å². The SMILES string of the molecule is O=C(CCc1nc(-c2ccco2)no1)Nc1ccccc1OC(F)F. The van der Waals surface area contributed by atoms with Crippen LogP contribution in [-0.2, 0) is 11.2 Å². The number of amides is 1. The van der Waals surface area contributed by atoms with Crippen LogP contribution in [0.25, 0.3) is 11.6 Å². The number of ether oxygens (including phenoxy) is 1. The van der Waals surface area contributed by atoms with Crippen LogP contribution in [0.15, 0.2) is 51.6 Å². The summed E-state index contributed by atoms with van der Waals surface area (Å²) in [6.45, 7) is -2.98. The number of anilines is 1. The number of halogens is 2. The van der Waals surface area contributed by atoms with Gasteiger partial charge in [0, 0.05) is 12.8 Å². The molecule has 2 aromatic heterocycles. The number of rotatable bonds is 7. The summed E-state index contributed by atoms with van der Waals surface area (Å²) in [5.41, 5.74) is 0.162. The summed E-state index contributed by atoms with van der Waals surface area (Å²) < 4.78 is 39.2. The van der Waals surface area contributed by atoms with Crippen LogP contribution in [0, 0.1) is 0 Å². The Hall–Kier alpha value is -3.23. The maximum atomic E-state index is 12.4. The quantitative estimate of drug-likeness (QED) is 0.702. The molecule has 1 aromatic carbocycles. The first-order chi connectivity index (χ1) is 12.1. The van der Waals surface area contributed by atoms with Gasteiger partial charge in [-0.1, -0.05) is 17.3 Å². The van der Waals surface area contributed by atoms with Crippen molar-refractivity contribution in [3.05, 3.63) is 48.6 Å². The Balaban J connectivity index is 1.57. The Bertz CT molecular complexity index is 834. The third-order valence-electron chi connectivity index (χ3n) is 3.15. The molecule has 0 saturated carbocycles. The van der Waals surface area contributed by atoms with Crippen molar-refractivity contribution in [3.63, 3.8) is 0 Å². The second kappa shape index (κ2) is 7.56. The predicted molar refractivity (Wildman–Crippen MR) is 82.0 cm³/mol. The maximum absolute atomic E-state index is 12.4. The van der Waals surface area contributed by atoms with E-state index >= 15 is 0 Å². The smallest absolute Gasteiger partial charge is 0.387 e. The van der Waals surface area contributed by atoms with E-state index in [0.29, 0.717) is 5.76 Å². The van der Waals surface area contributed by atoms with E-state index in [2.05, 4.69) is 20.2 Å². The first-order valence-electron chi connectivity index (χ1n) is 7.32. The highest BCUT2D eigenvalue weighted by molar-refractivity contribution is 5.92. The number of para-hydroxylation sites is 2. The van der Waals surface area contributed by atoms with Gasteiger partial charge in [-0.15, -0.1) is 0 Å². The van der Waals surface area contributed by atoms with Crippen LogP contribution < -0.4 is 10.1 Å². The molecular formula is C16H13F2N3O4. The normalized spacial score (nSPS) is 10.8. The summed E-state index contributed by atoms with van der Waals surface area (Å²) in [5.74, 6) is 0.499. The van der Waals surface area contributed by atoms with Crippen molar-refractivity contribution in [2.24, 2.45) is 0 Å². The molecule has 0 aliphatic carbocycles. The lowest BCUT2D eigenvalue weighted by Crippen LogP contribution is -2.14. The van der Waals surface area contributed by atoms with Gasteiger partial charge in [0.15, 0.2) is 5.76 Å². The summed E-state index contributed by atoms with van der Waals surface area (Å²) >= 11 is 0. The van der Waals surface area contributed by atoms with Crippen LogP contribution in [0.4, 0.5) is 14.5 Å². The summed E-state index contributed by atoms with van der Waals surface area (Å²) in [6, 6.07) is 9.31. The molecule has 0 bridgehead atoms. The Morgan fingerprint density at radius 1 is 1.24 bits per heavy atom. The lowest BCUT2D eigenvalue weighted by Gasteiger charge is -2.11. The number of aromatic nitrogens is 2. The van der Waals surface area contributed by atoms with Gasteiger partial charge in [-0.3, -0.25) is 4.79 Å². The largest absolute Gasteiger partial charge is 0.461 e. The van der Waals surface area contributed by atoms with E-state index in [0.717, 1.165) is 0 Å². The van der Waals surface area contributed by atoms with Crippen molar-refractivity contribution in [1.82, 2.24) is 10.1 Å². The number of aryl methyl sites for hydroxylation is 1. The highest BCUT2D eigenvalue weighted by atomic mass is 19.3. The molecule has 0 aliphatic heterocycles. The van der Waals surface area contributed by atoms with Crippen LogP contribution in [0.3, 0.4) is 0 Å². The molecule has 0 radical (unpaired) electrons. The fourth-order valence-electron chi connectivity index (χ4n) is 2.06. The number of nitrogens with zero attached hydrogens (tertiary/aromatic N) is 2. The molecule has 0 aliphatic rings. The maximum Gasteiger partial charge on any atom is 0.387 e. The van der Waals surface area contributed by atoms with E-state index in [4.69, 9.17) is 8.94 Å². The van der Waals surface area contributed by atoms with Crippen molar-refractivity contribution in [1.29, 1.82) is 0 Å². The molecule has 3 rings (SSSR count). The zero-order valence-corrected chi connectivity index (χ0v) is 12.8. The summed E-state index contributed by atoms with van der Waals surface area (Å²) in [5, 5.41) is 6.27. The number of carbonyl (C=O) groups is 1. The van der Waals surface area contributed by atoms with E-state index in [1.807, 2.05) is 0 Å². The second-order valence-electron chi connectivity index (χ2n) is 4.91. The molecule has 1 N–H and O–H groups in total. The van der Waals surface area contributed by atoms with Gasteiger partial charge in [-0.25, -0.2) is 0 Å². The van der Waals surface area contributed by atoms with Gasteiger partial charge >= 0.3 is 6.61 Å². The summed E-state index contributed by atoms with van der Waals surface area (Å²) in [7, 11) is 0. The van der Waals surface area contributed by atoms with Crippen molar-refractivity contribution in [2.45, 2.75) is 19.5 Å². The third kappa shape index (κ3) is 4.40. The minimum Gasteiger partial charge on any atom is -0.461 e. The van der Waals surface area contributed by atoms with Crippen molar-refractivity contribution in [3.8, 4) is 17.3 Å². The fourth-order valence-corrected chi connectivity index (χ4v) is 2.06. The Morgan fingerprint density at radius 2 is 2.08 bits per heavy atom. The summed E-state index contributed by atoms with van der Waals surface area (Å²) in [6.07, 6.45) is 1.71. The third-order valence-corrected chi connectivity index (χ3v) is 3.15. The van der Waals surface area contributed by atoms with Crippen LogP contribution >= 0.6 is 0 Å². The minimum absolute atomic E-state index is 0.0306. The van der Waals surface area contributed by atoms with E-state index in [-0.39, 0.29) is 36.0 Å². The first-order valence-corrected chi connectivity index (χ1v) is 7.32. The van der Waals surface area contributed by atoms with Crippen LogP contribution in [0.2, 0.25) is 0 Å². The van der Waals surface area contributed by atoms with E-state index in [1.165, 1.54) is 24.5 Å². The Kier molecular flexibility index (Phi) is 5.03. The number of carbonyl (C=O) groups excluding carboxylic acids is 1. The average Bonchev–Trinajstić information content (AvgIpc) is 3.25. The van der Waals surface area contributed by atoms with Crippen molar-refractivity contribution >= 4 is 11.6 Å². The number of hydrogen-bond acceptors (Lipinski definition) is 6. The topological polar surface area (TPSA) is 90.4 Å². The molecule has 3 aromatic rings. The highest BCUT2D eigenvalue weighted by Gasteiger charge is 2.14. The molecule has 130 valence electrons. The van der Waals surface area contributed by atoms with Crippen molar-refractivity contribution in [2.75, 3.05) is 5.32 Å². The molecule has 1 amide bonds. The molecule has 0 saturated heterocycles. The lowest BCUT2D eigenvalue weighted by atomic mass is 10.2. The standard InChI is InChI=1S/C16H13F2N3O4/c17-16(18)24-11-5-2-1-4-10(11)19-13(22)7-8-14-20-15(21-25-14)12-6-3-9-23-12/h1-6,9,16H,7-8H2,(H,19,22). The first kappa shape index (κ1) is 16.6. The van der Waals surface area contributed by atoms with E-state index in [9.17, 15) is 13.6 Å². The molecule has 25 heavy (non-hydrogen) atoms. The number of alkyl halides is 2. The lowest BCUT2D eigenvalue weighted by molar-refractivity contribution is -0.116.